The number of hydrogen-bond donors (Lipinski definition) is 0. The first-order valence-corrected chi connectivity index (χ1v) is 13.5. The molecule has 1 aliphatic rings. The van der Waals surface area contributed by atoms with Gasteiger partial charge in [-0.05, 0) is 83.9 Å². The van der Waals surface area contributed by atoms with Crippen LogP contribution in [0.2, 0.25) is 0 Å². The lowest BCUT2D eigenvalue weighted by Crippen LogP contribution is -2.06. The van der Waals surface area contributed by atoms with Gasteiger partial charge in [-0.25, -0.2) is 0 Å². The first-order chi connectivity index (χ1) is 15.3. The lowest BCUT2D eigenvalue weighted by atomic mass is 9.84. The van der Waals surface area contributed by atoms with Gasteiger partial charge in [0.25, 0.3) is 0 Å². The van der Waals surface area contributed by atoms with E-state index in [2.05, 4.69) is 51.1 Å². The van der Waals surface area contributed by atoms with Gasteiger partial charge in [-0.3, -0.25) is 0 Å². The van der Waals surface area contributed by atoms with Gasteiger partial charge >= 0.3 is 0 Å². The molecule has 170 valence electrons. The van der Waals surface area contributed by atoms with Gasteiger partial charge in [0.2, 0.25) is 0 Å². The molecule has 2 aromatic carbocycles. The lowest BCUT2D eigenvalue weighted by molar-refractivity contribution is 0.638. The predicted octanol–water partition coefficient (Wildman–Crippen LogP) is 9.63. The summed E-state index contributed by atoms with van der Waals surface area (Å²) in [5.74, 6) is 0. The van der Waals surface area contributed by atoms with Gasteiger partial charge in [-0.1, -0.05) is 109 Å². The Morgan fingerprint density at radius 1 is 0.581 bits per heavy atom. The topological polar surface area (TPSA) is 0 Å². The molecule has 0 unspecified atom stereocenters. The second-order valence-electron chi connectivity index (χ2n) is 9.78. The minimum atomic E-state index is 1.16. The summed E-state index contributed by atoms with van der Waals surface area (Å²) < 4.78 is 0. The van der Waals surface area contributed by atoms with E-state index in [-0.39, 0.29) is 0 Å². The first-order valence-electron chi connectivity index (χ1n) is 13.5. The molecule has 0 bridgehead atoms. The molecule has 31 heavy (non-hydrogen) atoms. The molecule has 0 amide bonds. The maximum absolute atomic E-state index is 2.62. The normalized spacial score (nSPS) is 12.2. The molecule has 0 atom stereocenters. The Labute approximate surface area is 192 Å². The summed E-state index contributed by atoms with van der Waals surface area (Å²) in [5, 5.41) is 0. The summed E-state index contributed by atoms with van der Waals surface area (Å²) in [5.41, 5.74) is 11.5. The zero-order chi connectivity index (χ0) is 21.9. The zero-order valence-corrected chi connectivity index (χ0v) is 20.7. The van der Waals surface area contributed by atoms with Crippen molar-refractivity contribution >= 4 is 0 Å². The number of benzene rings is 2. The van der Waals surface area contributed by atoms with Crippen molar-refractivity contribution < 1.29 is 0 Å². The Morgan fingerprint density at radius 3 is 1.81 bits per heavy atom. The van der Waals surface area contributed by atoms with Crippen LogP contribution in [0.5, 0.6) is 0 Å². The fourth-order valence-corrected chi connectivity index (χ4v) is 5.49. The van der Waals surface area contributed by atoms with Gasteiger partial charge in [0.1, 0.15) is 0 Å². The number of unbranched alkanes of at least 4 members (excludes halogenated alkanes) is 9. The maximum atomic E-state index is 2.62. The minimum absolute atomic E-state index is 1.16. The third-order valence-electron chi connectivity index (χ3n) is 7.29. The van der Waals surface area contributed by atoms with E-state index >= 15 is 0 Å². The van der Waals surface area contributed by atoms with E-state index < -0.39 is 0 Å². The number of rotatable bonds is 15. The summed E-state index contributed by atoms with van der Waals surface area (Å²) >= 11 is 0. The van der Waals surface area contributed by atoms with Crippen molar-refractivity contribution in [1.82, 2.24) is 0 Å². The van der Waals surface area contributed by atoms with Gasteiger partial charge in [0, 0.05) is 0 Å². The molecule has 0 saturated carbocycles. The molecule has 0 heteroatoms. The van der Waals surface area contributed by atoms with Crippen molar-refractivity contribution in [3.8, 4) is 11.1 Å². The monoisotopic (exact) mass is 418 g/mol. The van der Waals surface area contributed by atoms with Crippen molar-refractivity contribution in [1.29, 1.82) is 0 Å². The van der Waals surface area contributed by atoms with Crippen molar-refractivity contribution in [2.24, 2.45) is 0 Å². The second-order valence-corrected chi connectivity index (χ2v) is 9.78. The molecular formula is C31H46. The van der Waals surface area contributed by atoms with Crippen LogP contribution in [-0.4, -0.2) is 0 Å². The first kappa shape index (κ1) is 24.1. The van der Waals surface area contributed by atoms with Gasteiger partial charge in [-0.15, -0.1) is 0 Å². The van der Waals surface area contributed by atoms with Crippen LogP contribution >= 0.6 is 0 Å². The zero-order valence-electron chi connectivity index (χ0n) is 20.7. The lowest BCUT2D eigenvalue weighted by Gasteiger charge is -2.20. The SMILES string of the molecule is CCCCCCc1cc2c(c(CCCCCC)c1CCCCCC)Cc1ccccc1-2. The van der Waals surface area contributed by atoms with Crippen molar-refractivity contribution in [2.45, 2.75) is 124 Å². The van der Waals surface area contributed by atoms with Gasteiger partial charge < -0.3 is 0 Å². The van der Waals surface area contributed by atoms with Crippen LogP contribution in [0, 0.1) is 0 Å². The summed E-state index contributed by atoms with van der Waals surface area (Å²) in [6, 6.07) is 11.8. The average Bonchev–Trinajstić information content (AvgIpc) is 3.16. The summed E-state index contributed by atoms with van der Waals surface area (Å²) in [4.78, 5) is 0. The third-order valence-corrected chi connectivity index (χ3v) is 7.29. The molecule has 2 aromatic rings. The van der Waals surface area contributed by atoms with Crippen LogP contribution in [0.3, 0.4) is 0 Å². The molecule has 0 radical (unpaired) electrons. The highest BCUT2D eigenvalue weighted by Gasteiger charge is 2.24. The van der Waals surface area contributed by atoms with Crippen LogP contribution in [0.15, 0.2) is 30.3 Å². The number of hydrogen-bond acceptors (Lipinski definition) is 0. The molecule has 3 rings (SSSR count). The average molecular weight is 419 g/mol. The second kappa shape index (κ2) is 13.1. The molecule has 0 fully saturated rings. The molecular weight excluding hydrogens is 372 g/mol. The molecule has 0 heterocycles. The Bertz CT molecular complexity index is 798. The number of fused-ring (bicyclic) bond motifs is 3. The Balaban J connectivity index is 1.94. The van der Waals surface area contributed by atoms with Crippen LogP contribution in [0.25, 0.3) is 11.1 Å². The molecule has 0 aromatic heterocycles. The van der Waals surface area contributed by atoms with Crippen molar-refractivity contribution in [3.63, 3.8) is 0 Å². The molecule has 1 aliphatic carbocycles. The summed E-state index contributed by atoms with van der Waals surface area (Å²) in [6.45, 7) is 6.97. The van der Waals surface area contributed by atoms with Crippen LogP contribution in [-0.2, 0) is 25.7 Å². The van der Waals surface area contributed by atoms with Crippen molar-refractivity contribution in [3.05, 3.63) is 58.1 Å². The van der Waals surface area contributed by atoms with Crippen LogP contribution in [0.4, 0.5) is 0 Å². The smallest absolute Gasteiger partial charge is 0.00106 e. The van der Waals surface area contributed by atoms with E-state index in [1.165, 1.54) is 102 Å². The quantitative estimate of drug-likeness (QED) is 0.215. The standard InChI is InChI=1S/C31H46/c1-4-7-10-13-18-25-23-30-28-21-17-16-19-26(28)24-31(30)29(22-15-12-9-6-3)27(25)20-14-11-8-5-2/h16-17,19,21,23H,4-15,18,20,22,24H2,1-3H3. The van der Waals surface area contributed by atoms with Crippen LogP contribution in [0.1, 0.15) is 126 Å². The Morgan fingerprint density at radius 2 is 1.16 bits per heavy atom. The Kier molecular flexibility index (Phi) is 10.2. The van der Waals surface area contributed by atoms with Crippen LogP contribution < -0.4 is 0 Å². The van der Waals surface area contributed by atoms with Gasteiger partial charge in [0.05, 0.1) is 0 Å². The van der Waals surface area contributed by atoms with E-state index in [9.17, 15) is 0 Å². The highest BCUT2D eigenvalue weighted by Crippen LogP contribution is 2.42. The van der Waals surface area contributed by atoms with E-state index in [0.29, 0.717) is 0 Å². The fraction of sp³-hybridized carbons (Fsp3) is 0.613. The van der Waals surface area contributed by atoms with E-state index in [4.69, 9.17) is 0 Å². The third kappa shape index (κ3) is 6.47. The molecule has 0 saturated heterocycles. The van der Waals surface area contributed by atoms with Gasteiger partial charge in [0.15, 0.2) is 0 Å². The van der Waals surface area contributed by atoms with E-state index in [1.807, 2.05) is 0 Å². The fourth-order valence-electron chi connectivity index (χ4n) is 5.49. The number of aryl methyl sites for hydroxylation is 1. The van der Waals surface area contributed by atoms with E-state index in [1.54, 1.807) is 33.4 Å². The molecule has 0 nitrogen and oxygen atoms in total. The molecule has 0 N–H and O–H groups in total. The Hall–Kier alpha value is -1.56. The molecule has 0 spiro atoms. The van der Waals surface area contributed by atoms with Gasteiger partial charge in [-0.2, -0.15) is 0 Å². The maximum Gasteiger partial charge on any atom is -0.00106 e. The molecule has 0 aliphatic heterocycles. The highest BCUT2D eigenvalue weighted by molar-refractivity contribution is 5.79. The predicted molar refractivity (Wildman–Crippen MR) is 138 cm³/mol. The van der Waals surface area contributed by atoms with E-state index in [0.717, 1.165) is 6.42 Å². The highest BCUT2D eigenvalue weighted by atomic mass is 14.3. The largest absolute Gasteiger partial charge is 0.0654 e. The van der Waals surface area contributed by atoms with Crippen molar-refractivity contribution in [2.75, 3.05) is 0 Å². The minimum Gasteiger partial charge on any atom is -0.0654 e. The summed E-state index contributed by atoms with van der Waals surface area (Å²) in [7, 11) is 0. The summed E-state index contributed by atoms with van der Waals surface area (Å²) in [6.07, 6.45) is 21.4.